The molecule has 0 fully saturated rings. The Balaban J connectivity index is 2.28. The largest absolute Gasteiger partial charge is 0.494 e. The molecule has 80 valence electrons. The van der Waals surface area contributed by atoms with Gasteiger partial charge in [-0.25, -0.2) is 4.99 Å². The fraction of sp³-hybridized carbons (Fsp3) is 0.417. The van der Waals surface area contributed by atoms with Crippen LogP contribution in [0.2, 0.25) is 0 Å². The lowest BCUT2D eigenvalue weighted by Gasteiger charge is -2.05. The molecule has 0 atom stereocenters. The van der Waals surface area contributed by atoms with Crippen molar-refractivity contribution in [3.63, 3.8) is 0 Å². The summed E-state index contributed by atoms with van der Waals surface area (Å²) < 4.78 is 5.53. The third kappa shape index (κ3) is 4.73. The molecule has 1 aromatic carbocycles. The van der Waals surface area contributed by atoms with Gasteiger partial charge in [0.05, 0.1) is 18.3 Å². The summed E-state index contributed by atoms with van der Waals surface area (Å²) in [6.07, 6.45) is 1.93. The number of ether oxygens (including phenoxy) is 1. The topological polar surface area (TPSA) is 21.6 Å². The molecule has 0 aliphatic heterocycles. The predicted molar refractivity (Wildman–Crippen MR) is 65.8 cm³/mol. The molecule has 15 heavy (non-hydrogen) atoms. The van der Waals surface area contributed by atoms with Gasteiger partial charge in [0, 0.05) is 6.42 Å². The van der Waals surface area contributed by atoms with Gasteiger partial charge in [-0.2, -0.15) is 0 Å². The van der Waals surface area contributed by atoms with E-state index in [0.29, 0.717) is 13.2 Å². The Morgan fingerprint density at radius 2 is 2.07 bits per heavy atom. The highest BCUT2D eigenvalue weighted by Gasteiger charge is 1.93. The molecule has 0 aliphatic carbocycles. The standard InChI is InChI=1S/C12H15NOS/c1-2-11-4-6-12(7-5-11)14-9-3-8-13-10-15/h4-7H,2-3,8-9H2,1H3. The van der Waals surface area contributed by atoms with E-state index in [1.807, 2.05) is 12.1 Å². The second-order valence-electron chi connectivity index (χ2n) is 3.17. The van der Waals surface area contributed by atoms with Gasteiger partial charge in [0.15, 0.2) is 0 Å². The molecule has 0 unspecified atom stereocenters. The fourth-order valence-corrected chi connectivity index (χ4v) is 1.29. The van der Waals surface area contributed by atoms with Gasteiger partial charge < -0.3 is 4.74 Å². The van der Waals surface area contributed by atoms with Crippen LogP contribution in [-0.2, 0) is 6.42 Å². The molecule has 0 bridgehead atoms. The minimum absolute atomic E-state index is 0.673. The van der Waals surface area contributed by atoms with Gasteiger partial charge in [0.25, 0.3) is 0 Å². The highest BCUT2D eigenvalue weighted by molar-refractivity contribution is 7.78. The van der Waals surface area contributed by atoms with Crippen molar-refractivity contribution in [3.8, 4) is 5.75 Å². The first-order valence-electron chi connectivity index (χ1n) is 5.12. The maximum atomic E-state index is 5.53. The summed E-state index contributed by atoms with van der Waals surface area (Å²) in [6, 6.07) is 8.18. The number of benzene rings is 1. The molecule has 0 spiro atoms. The zero-order chi connectivity index (χ0) is 10.9. The molecule has 1 aromatic rings. The summed E-state index contributed by atoms with van der Waals surface area (Å²) in [5, 5.41) is 2.33. The molecule has 0 saturated carbocycles. The van der Waals surface area contributed by atoms with E-state index in [-0.39, 0.29) is 0 Å². The molecule has 3 heteroatoms. The third-order valence-electron chi connectivity index (χ3n) is 2.08. The van der Waals surface area contributed by atoms with Crippen LogP contribution in [0.3, 0.4) is 0 Å². The lowest BCUT2D eigenvalue weighted by Crippen LogP contribution is -1.98. The molecule has 0 amide bonds. The van der Waals surface area contributed by atoms with Crippen LogP contribution in [0, 0.1) is 0 Å². The van der Waals surface area contributed by atoms with Crippen molar-refractivity contribution in [3.05, 3.63) is 29.8 Å². The van der Waals surface area contributed by atoms with Crippen LogP contribution in [0.25, 0.3) is 0 Å². The second kappa shape index (κ2) is 7.16. The van der Waals surface area contributed by atoms with Gasteiger partial charge in [-0.3, -0.25) is 0 Å². The van der Waals surface area contributed by atoms with Gasteiger partial charge in [-0.15, -0.1) is 0 Å². The smallest absolute Gasteiger partial charge is 0.119 e. The monoisotopic (exact) mass is 221 g/mol. The van der Waals surface area contributed by atoms with E-state index >= 15 is 0 Å². The minimum atomic E-state index is 0.673. The van der Waals surface area contributed by atoms with E-state index in [1.165, 1.54) is 5.56 Å². The number of thiocarbonyl (C=S) groups is 1. The van der Waals surface area contributed by atoms with Gasteiger partial charge in [-0.1, -0.05) is 19.1 Å². The molecule has 0 heterocycles. The summed E-state index contributed by atoms with van der Waals surface area (Å²) in [4.78, 5) is 3.82. The zero-order valence-corrected chi connectivity index (χ0v) is 9.72. The Labute approximate surface area is 96.0 Å². The quantitative estimate of drug-likeness (QED) is 0.418. The molecule has 0 saturated heterocycles. The van der Waals surface area contributed by atoms with Crippen molar-refractivity contribution in [2.24, 2.45) is 4.99 Å². The van der Waals surface area contributed by atoms with E-state index in [1.54, 1.807) is 0 Å². The molecular weight excluding hydrogens is 206 g/mol. The lowest BCUT2D eigenvalue weighted by atomic mass is 10.2. The maximum absolute atomic E-state index is 5.53. The number of rotatable bonds is 6. The first-order valence-corrected chi connectivity index (χ1v) is 5.53. The van der Waals surface area contributed by atoms with Crippen LogP contribution < -0.4 is 4.74 Å². The lowest BCUT2D eigenvalue weighted by molar-refractivity contribution is 0.313. The molecule has 0 aliphatic rings. The first kappa shape index (κ1) is 11.9. The minimum Gasteiger partial charge on any atom is -0.494 e. The van der Waals surface area contributed by atoms with Gasteiger partial charge in [0.1, 0.15) is 5.75 Å². The molecule has 2 nitrogen and oxygen atoms in total. The van der Waals surface area contributed by atoms with Crippen LogP contribution in [-0.4, -0.2) is 18.3 Å². The first-order chi connectivity index (χ1) is 7.36. The highest BCUT2D eigenvalue weighted by Crippen LogP contribution is 2.12. The number of hydrogen-bond acceptors (Lipinski definition) is 3. The number of aliphatic imine (C=N–C) groups is 1. The SMILES string of the molecule is CCc1ccc(OCCCN=C=S)cc1. The summed E-state index contributed by atoms with van der Waals surface area (Å²) in [5.41, 5.74) is 1.33. The molecule has 0 N–H and O–H groups in total. The summed E-state index contributed by atoms with van der Waals surface area (Å²) in [6.45, 7) is 3.50. The van der Waals surface area contributed by atoms with E-state index in [4.69, 9.17) is 4.74 Å². The van der Waals surface area contributed by atoms with Crippen molar-refractivity contribution >= 4 is 17.4 Å². The maximum Gasteiger partial charge on any atom is 0.119 e. The van der Waals surface area contributed by atoms with Gasteiger partial charge in [0.2, 0.25) is 0 Å². The van der Waals surface area contributed by atoms with Crippen molar-refractivity contribution in [1.82, 2.24) is 0 Å². The van der Waals surface area contributed by atoms with Crippen LogP contribution in [0.1, 0.15) is 18.9 Å². The number of nitrogens with zero attached hydrogens (tertiary/aromatic N) is 1. The average molecular weight is 221 g/mol. The number of aryl methyl sites for hydroxylation is 1. The Kier molecular flexibility index (Phi) is 5.67. The summed E-state index contributed by atoms with van der Waals surface area (Å²) >= 11 is 4.47. The Morgan fingerprint density at radius 1 is 1.33 bits per heavy atom. The van der Waals surface area contributed by atoms with E-state index in [0.717, 1.165) is 18.6 Å². The van der Waals surface area contributed by atoms with E-state index < -0.39 is 0 Å². The molecular formula is C12H15NOS. The van der Waals surface area contributed by atoms with Gasteiger partial charge >= 0.3 is 0 Å². The van der Waals surface area contributed by atoms with Crippen LogP contribution >= 0.6 is 12.2 Å². The molecule has 1 rings (SSSR count). The molecule has 0 radical (unpaired) electrons. The highest BCUT2D eigenvalue weighted by atomic mass is 32.1. The van der Waals surface area contributed by atoms with Crippen LogP contribution in [0.15, 0.2) is 29.3 Å². The molecule has 0 aromatic heterocycles. The average Bonchev–Trinajstić information content (AvgIpc) is 2.30. The Morgan fingerprint density at radius 3 is 2.67 bits per heavy atom. The Hall–Kier alpha value is -1.18. The Bertz CT molecular complexity index is 328. The van der Waals surface area contributed by atoms with Crippen molar-refractivity contribution in [2.45, 2.75) is 19.8 Å². The van der Waals surface area contributed by atoms with E-state index in [9.17, 15) is 0 Å². The van der Waals surface area contributed by atoms with Crippen molar-refractivity contribution < 1.29 is 4.74 Å². The number of isothiocyanates is 1. The fourth-order valence-electron chi connectivity index (χ4n) is 1.20. The van der Waals surface area contributed by atoms with E-state index in [2.05, 4.69) is 41.4 Å². The predicted octanol–water partition coefficient (Wildman–Crippen LogP) is 3.12. The van der Waals surface area contributed by atoms with Crippen molar-refractivity contribution in [2.75, 3.05) is 13.2 Å². The van der Waals surface area contributed by atoms with Crippen molar-refractivity contribution in [1.29, 1.82) is 0 Å². The number of hydrogen-bond donors (Lipinski definition) is 0. The van der Waals surface area contributed by atoms with Gasteiger partial charge in [-0.05, 0) is 36.3 Å². The second-order valence-corrected chi connectivity index (χ2v) is 3.36. The zero-order valence-electron chi connectivity index (χ0n) is 8.90. The van der Waals surface area contributed by atoms with Crippen LogP contribution in [0.4, 0.5) is 0 Å². The third-order valence-corrected chi connectivity index (χ3v) is 2.21. The van der Waals surface area contributed by atoms with Crippen LogP contribution in [0.5, 0.6) is 5.75 Å². The summed E-state index contributed by atoms with van der Waals surface area (Å²) in [5.74, 6) is 0.915. The normalized spacial score (nSPS) is 9.40. The summed E-state index contributed by atoms with van der Waals surface area (Å²) in [7, 11) is 0.